The first-order valence-corrected chi connectivity index (χ1v) is 6.62. The lowest BCUT2D eigenvalue weighted by atomic mass is 9.93. The highest BCUT2D eigenvalue weighted by Crippen LogP contribution is 2.42. The molecule has 3 rings (SSSR count). The van der Waals surface area contributed by atoms with E-state index < -0.39 is 0 Å². The standard InChI is InChI=1S/C16H19NO/c1-10-8-12-9-13(18-3)4-5-15(12)16(10)14-6-7-17-11(14)2/h4-5,9-10H,6-8H2,1-3H3/b16-14+. The van der Waals surface area contributed by atoms with Crippen molar-refractivity contribution >= 4 is 11.3 Å². The number of nitrogens with zero attached hydrogens (tertiary/aromatic N) is 1. The first-order chi connectivity index (χ1) is 8.70. The average molecular weight is 241 g/mol. The Balaban J connectivity index is 2.13. The van der Waals surface area contributed by atoms with Gasteiger partial charge in [-0.05, 0) is 60.1 Å². The number of aliphatic imine (C=N–C) groups is 1. The Bertz CT molecular complexity index is 554. The van der Waals surface area contributed by atoms with Crippen LogP contribution in [0.25, 0.3) is 5.57 Å². The molecule has 0 spiro atoms. The minimum absolute atomic E-state index is 0.602. The summed E-state index contributed by atoms with van der Waals surface area (Å²) in [6, 6.07) is 6.46. The van der Waals surface area contributed by atoms with Crippen LogP contribution < -0.4 is 4.74 Å². The van der Waals surface area contributed by atoms with E-state index >= 15 is 0 Å². The Morgan fingerprint density at radius 2 is 2.17 bits per heavy atom. The van der Waals surface area contributed by atoms with Gasteiger partial charge >= 0.3 is 0 Å². The molecule has 0 bridgehead atoms. The van der Waals surface area contributed by atoms with E-state index in [-0.39, 0.29) is 0 Å². The molecule has 0 saturated heterocycles. The molecule has 2 heteroatoms. The summed E-state index contributed by atoms with van der Waals surface area (Å²) in [6.07, 6.45) is 2.23. The van der Waals surface area contributed by atoms with Crippen LogP contribution in [0.1, 0.15) is 31.4 Å². The van der Waals surface area contributed by atoms with Crippen LogP contribution >= 0.6 is 0 Å². The first kappa shape index (κ1) is 11.5. The van der Waals surface area contributed by atoms with Crippen LogP contribution in [0.2, 0.25) is 0 Å². The molecule has 2 nitrogen and oxygen atoms in total. The highest BCUT2D eigenvalue weighted by Gasteiger charge is 2.28. The predicted molar refractivity (Wildman–Crippen MR) is 75.4 cm³/mol. The fourth-order valence-electron chi connectivity index (χ4n) is 3.23. The minimum Gasteiger partial charge on any atom is -0.497 e. The normalized spacial score (nSPS) is 26.2. The number of hydrogen-bond donors (Lipinski definition) is 0. The van der Waals surface area contributed by atoms with Gasteiger partial charge in [0.05, 0.1) is 7.11 Å². The molecule has 18 heavy (non-hydrogen) atoms. The Morgan fingerprint density at radius 3 is 2.83 bits per heavy atom. The van der Waals surface area contributed by atoms with Gasteiger partial charge in [-0.15, -0.1) is 0 Å². The minimum atomic E-state index is 0.602. The summed E-state index contributed by atoms with van der Waals surface area (Å²) in [6.45, 7) is 5.42. The van der Waals surface area contributed by atoms with Crippen LogP contribution in [-0.2, 0) is 6.42 Å². The van der Waals surface area contributed by atoms with Crippen molar-refractivity contribution in [3.63, 3.8) is 0 Å². The lowest BCUT2D eigenvalue weighted by Crippen LogP contribution is -2.00. The highest BCUT2D eigenvalue weighted by molar-refractivity contribution is 6.07. The summed E-state index contributed by atoms with van der Waals surface area (Å²) < 4.78 is 5.32. The number of hydrogen-bond acceptors (Lipinski definition) is 2. The van der Waals surface area contributed by atoms with Crippen molar-refractivity contribution in [2.75, 3.05) is 13.7 Å². The topological polar surface area (TPSA) is 21.6 Å². The number of rotatable bonds is 1. The van der Waals surface area contributed by atoms with Gasteiger partial charge in [0.2, 0.25) is 0 Å². The number of fused-ring (bicyclic) bond motifs is 1. The summed E-state index contributed by atoms with van der Waals surface area (Å²) in [4.78, 5) is 4.54. The Morgan fingerprint density at radius 1 is 1.33 bits per heavy atom. The largest absolute Gasteiger partial charge is 0.497 e. The van der Waals surface area contributed by atoms with Crippen molar-refractivity contribution in [3.8, 4) is 5.75 Å². The van der Waals surface area contributed by atoms with Crippen LogP contribution in [0, 0.1) is 5.92 Å². The Hall–Kier alpha value is -1.57. The fourth-order valence-corrected chi connectivity index (χ4v) is 3.23. The van der Waals surface area contributed by atoms with E-state index in [4.69, 9.17) is 4.74 Å². The summed E-state index contributed by atoms with van der Waals surface area (Å²) in [5.74, 6) is 1.56. The van der Waals surface area contributed by atoms with Gasteiger partial charge in [-0.25, -0.2) is 0 Å². The summed E-state index contributed by atoms with van der Waals surface area (Å²) in [7, 11) is 1.73. The van der Waals surface area contributed by atoms with Gasteiger partial charge < -0.3 is 4.74 Å². The summed E-state index contributed by atoms with van der Waals surface area (Å²) >= 11 is 0. The zero-order chi connectivity index (χ0) is 12.7. The highest BCUT2D eigenvalue weighted by atomic mass is 16.5. The van der Waals surface area contributed by atoms with Crippen LogP contribution in [0.3, 0.4) is 0 Å². The van der Waals surface area contributed by atoms with Crippen molar-refractivity contribution in [3.05, 3.63) is 34.9 Å². The van der Waals surface area contributed by atoms with Gasteiger partial charge in [-0.3, -0.25) is 4.99 Å². The lowest BCUT2D eigenvalue weighted by molar-refractivity contribution is 0.414. The third-order valence-corrected chi connectivity index (χ3v) is 4.09. The molecular formula is C16H19NO. The van der Waals surface area contributed by atoms with E-state index in [1.807, 2.05) is 0 Å². The molecule has 1 aromatic rings. The maximum Gasteiger partial charge on any atom is 0.119 e. The zero-order valence-corrected chi connectivity index (χ0v) is 11.3. The second-order valence-electron chi connectivity index (χ2n) is 5.24. The van der Waals surface area contributed by atoms with Crippen LogP contribution in [-0.4, -0.2) is 19.4 Å². The second-order valence-corrected chi connectivity index (χ2v) is 5.24. The third-order valence-electron chi connectivity index (χ3n) is 4.09. The lowest BCUT2D eigenvalue weighted by Gasteiger charge is -2.11. The molecule has 0 aromatic heterocycles. The van der Waals surface area contributed by atoms with Crippen molar-refractivity contribution in [2.24, 2.45) is 10.9 Å². The first-order valence-electron chi connectivity index (χ1n) is 6.62. The maximum absolute atomic E-state index is 5.32. The zero-order valence-electron chi connectivity index (χ0n) is 11.3. The number of ether oxygens (including phenoxy) is 1. The van der Waals surface area contributed by atoms with Crippen LogP contribution in [0.4, 0.5) is 0 Å². The number of benzene rings is 1. The molecule has 0 radical (unpaired) electrons. The summed E-state index contributed by atoms with van der Waals surface area (Å²) in [5, 5.41) is 0. The van der Waals surface area contributed by atoms with E-state index in [0.29, 0.717) is 5.92 Å². The number of allylic oxidation sites excluding steroid dienone is 1. The monoisotopic (exact) mass is 241 g/mol. The maximum atomic E-state index is 5.32. The molecule has 1 aliphatic heterocycles. The molecule has 1 atom stereocenters. The van der Waals surface area contributed by atoms with Crippen LogP contribution in [0.5, 0.6) is 5.75 Å². The fraction of sp³-hybridized carbons (Fsp3) is 0.438. The van der Waals surface area contributed by atoms with E-state index in [2.05, 4.69) is 37.0 Å². The van der Waals surface area contributed by atoms with Crippen molar-refractivity contribution in [1.82, 2.24) is 0 Å². The molecule has 2 aliphatic rings. The van der Waals surface area contributed by atoms with Gasteiger partial charge in [0.15, 0.2) is 0 Å². The van der Waals surface area contributed by atoms with E-state index in [0.717, 1.165) is 25.1 Å². The molecule has 0 saturated carbocycles. The number of methoxy groups -OCH3 is 1. The predicted octanol–water partition coefficient (Wildman–Crippen LogP) is 3.51. The van der Waals surface area contributed by atoms with Crippen LogP contribution in [0.15, 0.2) is 28.8 Å². The Kier molecular flexibility index (Phi) is 2.73. The third kappa shape index (κ3) is 1.67. The van der Waals surface area contributed by atoms with E-state index in [1.54, 1.807) is 7.11 Å². The molecule has 94 valence electrons. The van der Waals surface area contributed by atoms with Gasteiger partial charge in [-0.2, -0.15) is 0 Å². The smallest absolute Gasteiger partial charge is 0.119 e. The quantitative estimate of drug-likeness (QED) is 0.737. The van der Waals surface area contributed by atoms with Gasteiger partial charge in [-0.1, -0.05) is 13.0 Å². The van der Waals surface area contributed by atoms with E-state index in [9.17, 15) is 0 Å². The van der Waals surface area contributed by atoms with Crippen molar-refractivity contribution < 1.29 is 4.74 Å². The van der Waals surface area contributed by atoms with Gasteiger partial charge in [0.25, 0.3) is 0 Å². The molecule has 1 aliphatic carbocycles. The van der Waals surface area contributed by atoms with Gasteiger partial charge in [0.1, 0.15) is 5.75 Å². The van der Waals surface area contributed by atoms with Crippen molar-refractivity contribution in [2.45, 2.75) is 26.7 Å². The molecule has 1 aromatic carbocycles. The average Bonchev–Trinajstić information content (AvgIpc) is 2.90. The second kappa shape index (κ2) is 4.27. The van der Waals surface area contributed by atoms with Crippen molar-refractivity contribution in [1.29, 1.82) is 0 Å². The molecular weight excluding hydrogens is 222 g/mol. The van der Waals surface area contributed by atoms with E-state index in [1.165, 1.54) is 28.0 Å². The molecule has 1 heterocycles. The Labute approximate surface area is 108 Å². The summed E-state index contributed by atoms with van der Waals surface area (Å²) in [5.41, 5.74) is 7.07. The van der Waals surface area contributed by atoms with Gasteiger partial charge in [0, 0.05) is 12.3 Å². The molecule has 0 N–H and O–H groups in total. The molecule has 0 amide bonds. The SMILES string of the molecule is COc1ccc2c(c1)CC(C)/C2=C1/CCN=C1C. The molecule has 1 unspecified atom stereocenters. The molecule has 0 fully saturated rings.